The van der Waals surface area contributed by atoms with Crippen molar-refractivity contribution in [1.82, 2.24) is 20.0 Å². The third-order valence-electron chi connectivity index (χ3n) is 6.09. The largest absolute Gasteiger partial charge is 0.484 e. The molecule has 4 aromatic rings. The van der Waals surface area contributed by atoms with Gasteiger partial charge in [-0.1, -0.05) is 60.7 Å². The molecule has 0 radical (unpaired) electrons. The van der Waals surface area contributed by atoms with Gasteiger partial charge in [-0.05, 0) is 35.4 Å². The summed E-state index contributed by atoms with van der Waals surface area (Å²) in [4.78, 5) is 17.1. The highest BCUT2D eigenvalue weighted by Crippen LogP contribution is 2.29. The first kappa shape index (κ1) is 21.9. The zero-order chi connectivity index (χ0) is 23.2. The number of hydrogen-bond donors (Lipinski definition) is 0. The van der Waals surface area contributed by atoms with E-state index in [1.54, 1.807) is 12.1 Å². The van der Waals surface area contributed by atoms with Crippen molar-refractivity contribution in [3.63, 3.8) is 0 Å². The molecule has 5 rings (SSSR count). The predicted octanol–water partition coefficient (Wildman–Crippen LogP) is 4.05. The molecular formula is C27H26N4O3. The number of piperazine rings is 1. The van der Waals surface area contributed by atoms with Crippen LogP contribution in [0.2, 0.25) is 0 Å². The third-order valence-corrected chi connectivity index (χ3v) is 6.09. The molecule has 0 atom stereocenters. The summed E-state index contributed by atoms with van der Waals surface area (Å²) in [5.41, 5.74) is 3.33. The highest BCUT2D eigenvalue weighted by molar-refractivity contribution is 5.78. The van der Waals surface area contributed by atoms with Crippen molar-refractivity contribution in [2.75, 3.05) is 32.8 Å². The molecule has 0 saturated carbocycles. The van der Waals surface area contributed by atoms with Gasteiger partial charge in [0.15, 0.2) is 6.61 Å². The maximum absolute atomic E-state index is 12.8. The monoisotopic (exact) mass is 454 g/mol. The standard InChI is InChI=1S/C27H26N4O3/c32-25(19-33-24-13-11-23(12-14-24)27-29-28-20-34-27)30-15-17-31(18-16-30)26(21-7-3-1-4-8-21)22-9-5-2-6-10-22/h1-14,20,26H,15-19H2. The van der Waals surface area contributed by atoms with Crippen LogP contribution in [0.3, 0.4) is 0 Å². The minimum absolute atomic E-state index is 0.00315. The minimum atomic E-state index is -0.00315. The van der Waals surface area contributed by atoms with Crippen molar-refractivity contribution in [3.8, 4) is 17.2 Å². The molecule has 0 spiro atoms. The molecule has 0 bridgehead atoms. The second kappa shape index (κ2) is 10.3. The van der Waals surface area contributed by atoms with Gasteiger partial charge in [0.05, 0.1) is 6.04 Å². The van der Waals surface area contributed by atoms with Crippen molar-refractivity contribution in [2.24, 2.45) is 0 Å². The van der Waals surface area contributed by atoms with Crippen molar-refractivity contribution >= 4 is 5.91 Å². The van der Waals surface area contributed by atoms with E-state index in [1.807, 2.05) is 29.2 Å². The van der Waals surface area contributed by atoms with E-state index in [1.165, 1.54) is 17.5 Å². The Balaban J connectivity index is 1.17. The maximum atomic E-state index is 12.8. The van der Waals surface area contributed by atoms with Crippen LogP contribution in [-0.2, 0) is 4.79 Å². The number of ether oxygens (including phenoxy) is 1. The van der Waals surface area contributed by atoms with E-state index in [4.69, 9.17) is 9.15 Å². The zero-order valence-corrected chi connectivity index (χ0v) is 18.8. The van der Waals surface area contributed by atoms with Gasteiger partial charge in [-0.3, -0.25) is 9.69 Å². The first-order chi connectivity index (χ1) is 16.8. The van der Waals surface area contributed by atoms with E-state index in [-0.39, 0.29) is 18.6 Å². The summed E-state index contributed by atoms with van der Waals surface area (Å²) in [6.45, 7) is 2.97. The van der Waals surface area contributed by atoms with E-state index in [2.05, 4.69) is 63.6 Å². The average molecular weight is 455 g/mol. The molecular weight excluding hydrogens is 428 g/mol. The Kier molecular flexibility index (Phi) is 6.63. The first-order valence-electron chi connectivity index (χ1n) is 11.4. The molecule has 1 amide bonds. The Bertz CT molecular complexity index is 1130. The quantitative estimate of drug-likeness (QED) is 0.420. The average Bonchev–Trinajstić information content (AvgIpc) is 3.45. The summed E-state index contributed by atoms with van der Waals surface area (Å²) in [7, 11) is 0. The highest BCUT2D eigenvalue weighted by Gasteiger charge is 2.28. The normalized spacial score (nSPS) is 14.3. The smallest absolute Gasteiger partial charge is 0.260 e. The molecule has 0 aliphatic carbocycles. The second-order valence-electron chi connectivity index (χ2n) is 8.20. The number of amides is 1. The Morgan fingerprint density at radius 3 is 2.03 bits per heavy atom. The summed E-state index contributed by atoms with van der Waals surface area (Å²) >= 11 is 0. The fourth-order valence-electron chi connectivity index (χ4n) is 4.34. The minimum Gasteiger partial charge on any atom is -0.484 e. The van der Waals surface area contributed by atoms with Crippen LogP contribution in [0.4, 0.5) is 0 Å². The number of benzene rings is 3. The van der Waals surface area contributed by atoms with Gasteiger partial charge in [-0.2, -0.15) is 0 Å². The van der Waals surface area contributed by atoms with Gasteiger partial charge in [0, 0.05) is 31.7 Å². The summed E-state index contributed by atoms with van der Waals surface area (Å²) in [5.74, 6) is 1.07. The maximum Gasteiger partial charge on any atom is 0.260 e. The molecule has 34 heavy (non-hydrogen) atoms. The van der Waals surface area contributed by atoms with Crippen LogP contribution in [-0.4, -0.2) is 58.7 Å². The fraction of sp³-hybridized carbons (Fsp3) is 0.222. The zero-order valence-electron chi connectivity index (χ0n) is 18.8. The summed E-state index contributed by atoms with van der Waals surface area (Å²) in [6, 6.07) is 28.5. The number of hydrogen-bond acceptors (Lipinski definition) is 6. The van der Waals surface area contributed by atoms with Gasteiger partial charge >= 0.3 is 0 Å². The number of carbonyl (C=O) groups excluding carboxylic acids is 1. The summed E-state index contributed by atoms with van der Waals surface area (Å²) < 4.78 is 10.9. The number of rotatable bonds is 7. The lowest BCUT2D eigenvalue weighted by Gasteiger charge is -2.39. The molecule has 3 aromatic carbocycles. The third kappa shape index (κ3) is 5.00. The predicted molar refractivity (Wildman–Crippen MR) is 128 cm³/mol. The van der Waals surface area contributed by atoms with E-state index in [0.29, 0.717) is 24.7 Å². The van der Waals surface area contributed by atoms with Crippen LogP contribution in [0.5, 0.6) is 5.75 Å². The molecule has 2 heterocycles. The number of aromatic nitrogens is 2. The molecule has 7 heteroatoms. The Labute approximate surface area is 198 Å². The molecule has 172 valence electrons. The molecule has 7 nitrogen and oxygen atoms in total. The second-order valence-corrected chi connectivity index (χ2v) is 8.20. The van der Waals surface area contributed by atoms with Crippen molar-refractivity contribution in [1.29, 1.82) is 0 Å². The Morgan fingerprint density at radius 2 is 1.47 bits per heavy atom. The van der Waals surface area contributed by atoms with Gasteiger partial charge in [0.1, 0.15) is 5.75 Å². The Morgan fingerprint density at radius 1 is 0.853 bits per heavy atom. The molecule has 1 aliphatic heterocycles. The van der Waals surface area contributed by atoms with Crippen molar-refractivity contribution in [3.05, 3.63) is 102 Å². The SMILES string of the molecule is O=C(COc1ccc(-c2nnco2)cc1)N1CCN(C(c2ccccc2)c2ccccc2)CC1. The van der Waals surface area contributed by atoms with E-state index < -0.39 is 0 Å². The highest BCUT2D eigenvalue weighted by atomic mass is 16.5. The van der Waals surface area contributed by atoms with Crippen LogP contribution < -0.4 is 4.74 Å². The van der Waals surface area contributed by atoms with Crippen molar-refractivity contribution in [2.45, 2.75) is 6.04 Å². The lowest BCUT2D eigenvalue weighted by atomic mass is 9.96. The summed E-state index contributed by atoms with van der Waals surface area (Å²) in [5, 5.41) is 7.57. The molecule has 0 N–H and O–H groups in total. The van der Waals surface area contributed by atoms with E-state index in [0.717, 1.165) is 18.7 Å². The molecule has 1 aromatic heterocycles. The Hall–Kier alpha value is -3.97. The first-order valence-corrected chi connectivity index (χ1v) is 11.4. The molecule has 1 saturated heterocycles. The van der Waals surface area contributed by atoms with Gasteiger partial charge < -0.3 is 14.1 Å². The van der Waals surface area contributed by atoms with Gasteiger partial charge in [-0.15, -0.1) is 10.2 Å². The van der Waals surface area contributed by atoms with Gasteiger partial charge in [0.25, 0.3) is 5.91 Å². The van der Waals surface area contributed by atoms with Gasteiger partial charge in [0.2, 0.25) is 12.3 Å². The van der Waals surface area contributed by atoms with Crippen molar-refractivity contribution < 1.29 is 13.9 Å². The lowest BCUT2D eigenvalue weighted by Crippen LogP contribution is -2.51. The van der Waals surface area contributed by atoms with Crippen LogP contribution >= 0.6 is 0 Å². The van der Waals surface area contributed by atoms with E-state index in [9.17, 15) is 4.79 Å². The molecule has 0 unspecified atom stereocenters. The molecule has 1 aliphatic rings. The fourth-order valence-corrected chi connectivity index (χ4v) is 4.34. The molecule has 1 fully saturated rings. The number of carbonyl (C=O) groups is 1. The topological polar surface area (TPSA) is 71.7 Å². The van der Waals surface area contributed by atoms with E-state index >= 15 is 0 Å². The van der Waals surface area contributed by atoms with Gasteiger partial charge in [-0.25, -0.2) is 0 Å². The van der Waals surface area contributed by atoms with Crippen LogP contribution in [0, 0.1) is 0 Å². The van der Waals surface area contributed by atoms with Crippen LogP contribution in [0.1, 0.15) is 17.2 Å². The van der Waals surface area contributed by atoms with Crippen LogP contribution in [0.15, 0.2) is 95.7 Å². The summed E-state index contributed by atoms with van der Waals surface area (Å²) in [6.07, 6.45) is 1.29. The number of nitrogens with zero attached hydrogens (tertiary/aromatic N) is 4. The van der Waals surface area contributed by atoms with Crippen LogP contribution in [0.25, 0.3) is 11.5 Å². The lowest BCUT2D eigenvalue weighted by molar-refractivity contribution is -0.135.